The van der Waals surface area contributed by atoms with Crippen molar-refractivity contribution in [1.82, 2.24) is 9.97 Å². The average molecular weight is 273 g/mol. The quantitative estimate of drug-likeness (QED) is 0.584. The Hall–Kier alpha value is -1.84. The normalized spacial score (nSPS) is 10.8. The van der Waals surface area contributed by atoms with Gasteiger partial charge in [0, 0.05) is 5.69 Å². The molecule has 0 spiro atoms. The first-order valence-electron chi connectivity index (χ1n) is 7.44. The van der Waals surface area contributed by atoms with Gasteiger partial charge in [0.1, 0.15) is 6.33 Å². The summed E-state index contributed by atoms with van der Waals surface area (Å²) in [5, 5.41) is 0.887. The van der Waals surface area contributed by atoms with Gasteiger partial charge in [0.05, 0.1) is 17.5 Å². The molecule has 2 N–H and O–H groups in total. The molecule has 1 aromatic heterocycles. The van der Waals surface area contributed by atoms with Gasteiger partial charge in [-0.2, -0.15) is 0 Å². The fraction of sp³-hybridized carbons (Fsp3) is 0.500. The van der Waals surface area contributed by atoms with Crippen molar-refractivity contribution >= 4 is 16.6 Å². The van der Waals surface area contributed by atoms with Gasteiger partial charge in [-0.05, 0) is 24.6 Å². The van der Waals surface area contributed by atoms with E-state index in [1.165, 1.54) is 38.4 Å². The first kappa shape index (κ1) is 14.6. The first-order valence-corrected chi connectivity index (χ1v) is 7.44. The lowest BCUT2D eigenvalue weighted by atomic mass is 10.1. The van der Waals surface area contributed by atoms with Crippen LogP contribution in [0.15, 0.2) is 24.5 Å². The summed E-state index contributed by atoms with van der Waals surface area (Å²) in [5.41, 5.74) is 7.38. The molecule has 0 aliphatic carbocycles. The zero-order valence-corrected chi connectivity index (χ0v) is 12.1. The average Bonchev–Trinajstić information content (AvgIpc) is 2.46. The second-order valence-electron chi connectivity index (χ2n) is 5.07. The molecule has 0 aliphatic rings. The van der Waals surface area contributed by atoms with Crippen LogP contribution in [0, 0.1) is 0 Å². The van der Waals surface area contributed by atoms with Crippen LogP contribution < -0.4 is 10.5 Å². The standard InChI is InChI=1S/C16H23N3O/c1-2-3-4-5-6-7-10-20-16-14-11-13(17)8-9-15(14)18-12-19-16/h8-9,11-12H,2-7,10,17H2,1H3. The van der Waals surface area contributed by atoms with E-state index in [-0.39, 0.29) is 0 Å². The van der Waals surface area contributed by atoms with Gasteiger partial charge in [-0.1, -0.05) is 39.0 Å². The van der Waals surface area contributed by atoms with Crippen LogP contribution in [0.3, 0.4) is 0 Å². The minimum Gasteiger partial charge on any atom is -0.477 e. The molecule has 0 atom stereocenters. The number of hydrogen-bond donors (Lipinski definition) is 1. The van der Waals surface area contributed by atoms with Gasteiger partial charge in [0.15, 0.2) is 0 Å². The number of aromatic nitrogens is 2. The highest BCUT2D eigenvalue weighted by Gasteiger charge is 2.05. The van der Waals surface area contributed by atoms with Crippen LogP contribution in [0.5, 0.6) is 5.88 Å². The van der Waals surface area contributed by atoms with Crippen LogP contribution in [0.4, 0.5) is 5.69 Å². The minimum atomic E-state index is 0.635. The van der Waals surface area contributed by atoms with Crippen LogP contribution in [-0.2, 0) is 0 Å². The van der Waals surface area contributed by atoms with Gasteiger partial charge in [0.2, 0.25) is 5.88 Å². The number of rotatable bonds is 8. The number of nitrogens with two attached hydrogens (primary N) is 1. The van der Waals surface area contributed by atoms with E-state index in [4.69, 9.17) is 10.5 Å². The topological polar surface area (TPSA) is 61.0 Å². The Bertz CT molecular complexity index is 542. The molecule has 0 amide bonds. The number of benzene rings is 1. The van der Waals surface area contributed by atoms with E-state index >= 15 is 0 Å². The maximum atomic E-state index is 5.80. The number of hydrogen-bond acceptors (Lipinski definition) is 4. The highest BCUT2D eigenvalue weighted by atomic mass is 16.5. The monoisotopic (exact) mass is 273 g/mol. The molecule has 0 saturated heterocycles. The number of anilines is 1. The molecule has 108 valence electrons. The van der Waals surface area contributed by atoms with Gasteiger partial charge in [0.25, 0.3) is 0 Å². The summed E-state index contributed by atoms with van der Waals surface area (Å²) in [6.45, 7) is 2.93. The summed E-state index contributed by atoms with van der Waals surface area (Å²) in [6, 6.07) is 5.60. The lowest BCUT2D eigenvalue weighted by Crippen LogP contribution is -2.00. The molecule has 0 fully saturated rings. The van der Waals surface area contributed by atoms with E-state index in [0.717, 1.165) is 17.3 Å². The van der Waals surface area contributed by atoms with Crippen LogP contribution in [-0.4, -0.2) is 16.6 Å². The predicted molar refractivity (Wildman–Crippen MR) is 82.8 cm³/mol. The number of fused-ring (bicyclic) bond motifs is 1. The third-order valence-electron chi connectivity index (χ3n) is 3.36. The van der Waals surface area contributed by atoms with Crippen molar-refractivity contribution in [3.63, 3.8) is 0 Å². The third-order valence-corrected chi connectivity index (χ3v) is 3.36. The van der Waals surface area contributed by atoms with Crippen molar-refractivity contribution in [2.75, 3.05) is 12.3 Å². The molecule has 0 aliphatic heterocycles. The van der Waals surface area contributed by atoms with E-state index < -0.39 is 0 Å². The molecule has 4 nitrogen and oxygen atoms in total. The molecule has 1 heterocycles. The van der Waals surface area contributed by atoms with E-state index in [0.29, 0.717) is 18.2 Å². The Kier molecular flexibility index (Phi) is 5.59. The number of ether oxygens (including phenoxy) is 1. The van der Waals surface area contributed by atoms with Crippen LogP contribution in [0.25, 0.3) is 10.9 Å². The zero-order chi connectivity index (χ0) is 14.2. The van der Waals surface area contributed by atoms with Crippen LogP contribution in [0.2, 0.25) is 0 Å². The zero-order valence-electron chi connectivity index (χ0n) is 12.1. The van der Waals surface area contributed by atoms with E-state index in [1.807, 2.05) is 18.2 Å². The van der Waals surface area contributed by atoms with Crippen molar-refractivity contribution in [3.8, 4) is 5.88 Å². The minimum absolute atomic E-state index is 0.635. The summed E-state index contributed by atoms with van der Waals surface area (Å²) < 4.78 is 5.77. The Labute approximate surface area is 120 Å². The smallest absolute Gasteiger partial charge is 0.224 e. The Balaban J connectivity index is 1.85. The summed E-state index contributed by atoms with van der Waals surface area (Å²) in [4.78, 5) is 8.42. The number of nitrogens with zero attached hydrogens (tertiary/aromatic N) is 2. The van der Waals surface area contributed by atoms with Gasteiger partial charge in [-0.15, -0.1) is 0 Å². The molecule has 4 heteroatoms. The molecular formula is C16H23N3O. The van der Waals surface area contributed by atoms with Crippen molar-refractivity contribution in [2.24, 2.45) is 0 Å². The first-order chi connectivity index (χ1) is 9.81. The fourth-order valence-corrected chi connectivity index (χ4v) is 2.22. The van der Waals surface area contributed by atoms with Crippen molar-refractivity contribution in [3.05, 3.63) is 24.5 Å². The van der Waals surface area contributed by atoms with Crippen molar-refractivity contribution in [2.45, 2.75) is 45.4 Å². The maximum Gasteiger partial charge on any atom is 0.224 e. The molecule has 2 rings (SSSR count). The van der Waals surface area contributed by atoms with Gasteiger partial charge in [-0.3, -0.25) is 0 Å². The highest BCUT2D eigenvalue weighted by Crippen LogP contribution is 2.23. The molecule has 0 radical (unpaired) electrons. The van der Waals surface area contributed by atoms with Crippen molar-refractivity contribution < 1.29 is 4.74 Å². The third kappa shape index (κ3) is 4.08. The SMILES string of the molecule is CCCCCCCCOc1ncnc2ccc(N)cc12. The Morgan fingerprint density at radius 3 is 2.70 bits per heavy atom. The van der Waals surface area contributed by atoms with E-state index in [9.17, 15) is 0 Å². The molecular weight excluding hydrogens is 250 g/mol. The largest absolute Gasteiger partial charge is 0.477 e. The second-order valence-corrected chi connectivity index (χ2v) is 5.07. The van der Waals surface area contributed by atoms with Crippen LogP contribution >= 0.6 is 0 Å². The fourth-order valence-electron chi connectivity index (χ4n) is 2.22. The molecule has 20 heavy (non-hydrogen) atoms. The van der Waals surface area contributed by atoms with Gasteiger partial charge < -0.3 is 10.5 Å². The summed E-state index contributed by atoms with van der Waals surface area (Å²) in [5.74, 6) is 0.635. The summed E-state index contributed by atoms with van der Waals surface area (Å²) >= 11 is 0. The lowest BCUT2D eigenvalue weighted by Gasteiger charge is -2.08. The van der Waals surface area contributed by atoms with E-state index in [2.05, 4.69) is 16.9 Å². The molecule has 0 bridgehead atoms. The Morgan fingerprint density at radius 2 is 1.85 bits per heavy atom. The van der Waals surface area contributed by atoms with Gasteiger partial charge in [-0.25, -0.2) is 9.97 Å². The number of unbranched alkanes of at least 4 members (excludes halogenated alkanes) is 5. The maximum absolute atomic E-state index is 5.80. The van der Waals surface area contributed by atoms with Crippen molar-refractivity contribution in [1.29, 1.82) is 0 Å². The molecule has 1 aromatic carbocycles. The summed E-state index contributed by atoms with van der Waals surface area (Å²) in [6.07, 6.45) is 9.04. The van der Waals surface area contributed by atoms with Crippen LogP contribution in [0.1, 0.15) is 45.4 Å². The van der Waals surface area contributed by atoms with Gasteiger partial charge >= 0.3 is 0 Å². The lowest BCUT2D eigenvalue weighted by molar-refractivity contribution is 0.296. The molecule has 0 unspecified atom stereocenters. The predicted octanol–water partition coefficient (Wildman–Crippen LogP) is 3.95. The number of nitrogen functional groups attached to an aromatic ring is 1. The second kappa shape index (κ2) is 7.68. The molecule has 2 aromatic rings. The highest BCUT2D eigenvalue weighted by molar-refractivity contribution is 5.86. The molecule has 0 saturated carbocycles. The van der Waals surface area contributed by atoms with E-state index in [1.54, 1.807) is 0 Å². The Morgan fingerprint density at radius 1 is 1.05 bits per heavy atom. The summed E-state index contributed by atoms with van der Waals surface area (Å²) in [7, 11) is 0.